The maximum Gasteiger partial charge on any atom is 0.128 e. The highest BCUT2D eigenvalue weighted by atomic mass is 35.5. The molecule has 1 N–H and O–H groups in total. The van der Waals surface area contributed by atoms with Gasteiger partial charge in [0.2, 0.25) is 0 Å². The van der Waals surface area contributed by atoms with Gasteiger partial charge in [-0.15, -0.1) is 0 Å². The zero-order chi connectivity index (χ0) is 10.8. The quantitative estimate of drug-likeness (QED) is 0.816. The second kappa shape index (κ2) is 4.51. The Bertz CT molecular complexity index is 336. The number of nitrogens with zero attached hydrogens (tertiary/aromatic N) is 3. The molecule has 1 aromatic rings. The number of nitrogens with one attached hydrogen (secondary N) is 1. The summed E-state index contributed by atoms with van der Waals surface area (Å²) in [5.41, 5.74) is 0. The van der Waals surface area contributed by atoms with Crippen molar-refractivity contribution in [1.82, 2.24) is 19.8 Å². The number of imidazole rings is 1. The minimum Gasteiger partial charge on any atom is -0.321 e. The van der Waals surface area contributed by atoms with Crippen LogP contribution in [0.4, 0.5) is 0 Å². The van der Waals surface area contributed by atoms with Crippen LogP contribution in [0.25, 0.3) is 0 Å². The molecule has 15 heavy (non-hydrogen) atoms. The molecule has 0 amide bonds. The molecule has 0 aliphatic carbocycles. The Balaban J connectivity index is 1.99. The summed E-state index contributed by atoms with van der Waals surface area (Å²) >= 11 is 5.95. The molecule has 1 aliphatic heterocycles. The van der Waals surface area contributed by atoms with E-state index in [1.807, 2.05) is 11.6 Å². The van der Waals surface area contributed by atoms with Gasteiger partial charge in [-0.3, -0.25) is 4.90 Å². The third-order valence-corrected chi connectivity index (χ3v) is 3.20. The molecule has 1 atom stereocenters. The lowest BCUT2D eigenvalue weighted by Gasteiger charge is -2.31. The first-order valence-electron chi connectivity index (χ1n) is 5.28. The summed E-state index contributed by atoms with van der Waals surface area (Å²) in [7, 11) is 1.95. The summed E-state index contributed by atoms with van der Waals surface area (Å²) in [6.45, 7) is 6.30. The smallest absolute Gasteiger partial charge is 0.128 e. The third-order valence-electron chi connectivity index (χ3n) is 2.85. The van der Waals surface area contributed by atoms with Gasteiger partial charge >= 0.3 is 0 Å². The molecule has 1 saturated heterocycles. The minimum absolute atomic E-state index is 0.564. The largest absolute Gasteiger partial charge is 0.321 e. The highest BCUT2D eigenvalue weighted by Gasteiger charge is 2.17. The van der Waals surface area contributed by atoms with Crippen molar-refractivity contribution in [2.75, 3.05) is 19.6 Å². The van der Waals surface area contributed by atoms with E-state index in [1.54, 1.807) is 6.20 Å². The Morgan fingerprint density at radius 1 is 1.67 bits per heavy atom. The second-order valence-electron chi connectivity index (χ2n) is 4.15. The predicted molar refractivity (Wildman–Crippen MR) is 61.0 cm³/mol. The van der Waals surface area contributed by atoms with E-state index in [-0.39, 0.29) is 0 Å². The number of hydrogen-bond donors (Lipinski definition) is 1. The molecule has 1 fully saturated rings. The van der Waals surface area contributed by atoms with E-state index < -0.39 is 0 Å². The van der Waals surface area contributed by atoms with E-state index in [1.165, 1.54) is 0 Å². The van der Waals surface area contributed by atoms with Gasteiger partial charge in [0.15, 0.2) is 0 Å². The average molecular weight is 229 g/mol. The molecule has 0 spiro atoms. The Labute approximate surface area is 95.2 Å². The predicted octanol–water partition coefficient (Wildman–Crippen LogP) is 0.867. The van der Waals surface area contributed by atoms with Crippen LogP contribution in [0.15, 0.2) is 6.20 Å². The van der Waals surface area contributed by atoms with Gasteiger partial charge in [-0.1, -0.05) is 11.6 Å². The van der Waals surface area contributed by atoms with Gasteiger partial charge in [0.25, 0.3) is 0 Å². The van der Waals surface area contributed by atoms with Gasteiger partial charge in [0, 0.05) is 32.7 Å². The fraction of sp³-hybridized carbons (Fsp3) is 0.700. The van der Waals surface area contributed by atoms with Crippen molar-refractivity contribution in [2.24, 2.45) is 7.05 Å². The standard InChI is InChI=1S/C10H17ClN4/c1-8-6-15(4-3-12-8)7-10-13-5-9(11)14(10)2/h5,8,12H,3-4,6-7H2,1-2H3. The van der Waals surface area contributed by atoms with Crippen molar-refractivity contribution in [2.45, 2.75) is 19.5 Å². The Morgan fingerprint density at radius 3 is 3.07 bits per heavy atom. The third kappa shape index (κ3) is 2.51. The van der Waals surface area contributed by atoms with Crippen molar-refractivity contribution >= 4 is 11.6 Å². The van der Waals surface area contributed by atoms with Crippen LogP contribution in [0.1, 0.15) is 12.7 Å². The van der Waals surface area contributed by atoms with E-state index >= 15 is 0 Å². The van der Waals surface area contributed by atoms with Crippen LogP contribution in [-0.2, 0) is 13.6 Å². The molecular weight excluding hydrogens is 212 g/mol. The van der Waals surface area contributed by atoms with Crippen molar-refractivity contribution in [3.05, 3.63) is 17.2 Å². The summed E-state index contributed by atoms with van der Waals surface area (Å²) < 4.78 is 1.94. The van der Waals surface area contributed by atoms with Crippen molar-refractivity contribution < 1.29 is 0 Å². The van der Waals surface area contributed by atoms with Gasteiger partial charge in [-0.2, -0.15) is 0 Å². The summed E-state index contributed by atoms with van der Waals surface area (Å²) in [6.07, 6.45) is 1.71. The van der Waals surface area contributed by atoms with Gasteiger partial charge in [-0.05, 0) is 6.92 Å². The van der Waals surface area contributed by atoms with Crippen molar-refractivity contribution in [1.29, 1.82) is 0 Å². The van der Waals surface area contributed by atoms with Gasteiger partial charge in [0.05, 0.1) is 12.7 Å². The molecule has 1 aliphatic rings. The van der Waals surface area contributed by atoms with Gasteiger partial charge in [0.1, 0.15) is 11.0 Å². The van der Waals surface area contributed by atoms with E-state index in [2.05, 4.69) is 22.1 Å². The Kier molecular flexibility index (Phi) is 3.29. The zero-order valence-electron chi connectivity index (χ0n) is 9.20. The lowest BCUT2D eigenvalue weighted by molar-refractivity contribution is 0.194. The highest BCUT2D eigenvalue weighted by molar-refractivity contribution is 6.29. The monoisotopic (exact) mass is 228 g/mol. The summed E-state index contributed by atoms with van der Waals surface area (Å²) in [5, 5.41) is 4.12. The highest BCUT2D eigenvalue weighted by Crippen LogP contribution is 2.11. The lowest BCUT2D eigenvalue weighted by atomic mass is 10.2. The van der Waals surface area contributed by atoms with E-state index in [9.17, 15) is 0 Å². The van der Waals surface area contributed by atoms with Crippen LogP contribution in [-0.4, -0.2) is 40.1 Å². The minimum atomic E-state index is 0.564. The molecular formula is C10H17ClN4. The SMILES string of the molecule is CC1CN(Cc2ncc(Cl)n2C)CCN1. The number of rotatable bonds is 2. The number of aromatic nitrogens is 2. The van der Waals surface area contributed by atoms with E-state index in [0.717, 1.165) is 32.0 Å². The molecule has 5 heteroatoms. The second-order valence-corrected chi connectivity index (χ2v) is 4.53. The van der Waals surface area contributed by atoms with Crippen LogP contribution < -0.4 is 5.32 Å². The van der Waals surface area contributed by atoms with E-state index in [4.69, 9.17) is 11.6 Å². The topological polar surface area (TPSA) is 33.1 Å². The van der Waals surface area contributed by atoms with Crippen LogP contribution >= 0.6 is 11.6 Å². The lowest BCUT2D eigenvalue weighted by Crippen LogP contribution is -2.48. The Morgan fingerprint density at radius 2 is 2.47 bits per heavy atom. The maximum atomic E-state index is 5.95. The number of halogens is 1. The molecule has 4 nitrogen and oxygen atoms in total. The van der Waals surface area contributed by atoms with Crippen LogP contribution in [0.2, 0.25) is 5.15 Å². The van der Waals surface area contributed by atoms with Crippen LogP contribution in [0, 0.1) is 0 Å². The van der Waals surface area contributed by atoms with Gasteiger partial charge < -0.3 is 9.88 Å². The summed E-state index contributed by atoms with van der Waals surface area (Å²) in [6, 6.07) is 0.564. The molecule has 0 radical (unpaired) electrons. The first kappa shape index (κ1) is 10.9. The first-order valence-corrected chi connectivity index (χ1v) is 5.66. The van der Waals surface area contributed by atoms with Crippen molar-refractivity contribution in [3.8, 4) is 0 Å². The molecule has 1 unspecified atom stereocenters. The van der Waals surface area contributed by atoms with Crippen molar-refractivity contribution in [3.63, 3.8) is 0 Å². The van der Waals surface area contributed by atoms with Crippen LogP contribution in [0.3, 0.4) is 0 Å². The molecule has 0 saturated carbocycles. The zero-order valence-corrected chi connectivity index (χ0v) is 9.96. The average Bonchev–Trinajstić information content (AvgIpc) is 2.50. The number of piperazine rings is 1. The Hall–Kier alpha value is -0.580. The van der Waals surface area contributed by atoms with E-state index in [0.29, 0.717) is 11.2 Å². The molecule has 0 aromatic carbocycles. The first-order chi connectivity index (χ1) is 7.16. The molecule has 1 aromatic heterocycles. The van der Waals surface area contributed by atoms with Gasteiger partial charge in [-0.25, -0.2) is 4.98 Å². The fourth-order valence-electron chi connectivity index (χ4n) is 1.93. The fourth-order valence-corrected chi connectivity index (χ4v) is 2.07. The molecule has 2 rings (SSSR count). The number of hydrogen-bond acceptors (Lipinski definition) is 3. The summed E-state index contributed by atoms with van der Waals surface area (Å²) in [4.78, 5) is 6.71. The maximum absolute atomic E-state index is 5.95. The molecule has 0 bridgehead atoms. The molecule has 2 heterocycles. The molecule has 84 valence electrons. The van der Waals surface area contributed by atoms with Crippen LogP contribution in [0.5, 0.6) is 0 Å². The normalized spacial score (nSPS) is 23.3. The summed E-state index contributed by atoms with van der Waals surface area (Å²) in [5.74, 6) is 1.04.